The number of nitrogens with zero attached hydrogens (tertiary/aromatic N) is 2. The first-order valence-electron chi connectivity index (χ1n) is 11.1. The third kappa shape index (κ3) is 5.10. The summed E-state index contributed by atoms with van der Waals surface area (Å²) in [6.07, 6.45) is 2.53. The molecule has 1 saturated heterocycles. The minimum absolute atomic E-state index is 0.0714. The summed E-state index contributed by atoms with van der Waals surface area (Å²) >= 11 is 0. The molecular weight excluding hydrogens is 408 g/mol. The zero-order chi connectivity index (χ0) is 22.5. The van der Waals surface area contributed by atoms with Crippen molar-refractivity contribution < 1.29 is 23.7 Å². The van der Waals surface area contributed by atoms with E-state index >= 15 is 0 Å². The van der Waals surface area contributed by atoms with Crippen LogP contribution in [0.1, 0.15) is 28.8 Å². The van der Waals surface area contributed by atoms with E-state index in [0.29, 0.717) is 41.8 Å². The minimum Gasteiger partial charge on any atom is -0.493 e. The molecular formula is C25H32N2O5. The molecule has 0 atom stereocenters. The number of methoxy groups -OCH3 is 3. The molecule has 0 radical (unpaired) electrons. The smallest absolute Gasteiger partial charge is 0.253 e. The molecule has 32 heavy (non-hydrogen) atoms. The second kappa shape index (κ2) is 10.1. The molecule has 0 N–H and O–H groups in total. The second-order valence-corrected chi connectivity index (χ2v) is 8.34. The third-order valence-corrected chi connectivity index (χ3v) is 6.12. The molecule has 1 heterocycles. The van der Waals surface area contributed by atoms with Gasteiger partial charge in [-0.3, -0.25) is 9.69 Å². The highest BCUT2D eigenvalue weighted by Crippen LogP contribution is 2.40. The van der Waals surface area contributed by atoms with E-state index < -0.39 is 0 Å². The van der Waals surface area contributed by atoms with Crippen molar-refractivity contribution in [1.82, 2.24) is 9.80 Å². The number of amides is 1. The van der Waals surface area contributed by atoms with Gasteiger partial charge in [0.15, 0.2) is 11.5 Å². The highest BCUT2D eigenvalue weighted by molar-refractivity contribution is 5.94. The third-order valence-electron chi connectivity index (χ3n) is 6.12. The Labute approximate surface area is 189 Å². The highest BCUT2D eigenvalue weighted by Gasteiger charge is 2.25. The summed E-state index contributed by atoms with van der Waals surface area (Å²) in [6, 6.07) is 11.4. The number of carbonyl (C=O) groups excluding carboxylic acids is 1. The highest BCUT2D eigenvalue weighted by atomic mass is 16.5. The van der Waals surface area contributed by atoms with Gasteiger partial charge in [-0.05, 0) is 49.1 Å². The summed E-state index contributed by atoms with van der Waals surface area (Å²) in [5.74, 6) is 3.56. The molecule has 1 aliphatic heterocycles. The first-order chi connectivity index (χ1) is 15.6. The summed E-state index contributed by atoms with van der Waals surface area (Å²) in [5, 5.41) is 0. The van der Waals surface area contributed by atoms with Crippen LogP contribution in [0.4, 0.5) is 0 Å². The van der Waals surface area contributed by atoms with E-state index in [1.165, 1.54) is 12.8 Å². The van der Waals surface area contributed by atoms with Gasteiger partial charge in [-0.25, -0.2) is 0 Å². The van der Waals surface area contributed by atoms with Crippen molar-refractivity contribution in [3.05, 3.63) is 47.5 Å². The fraction of sp³-hybridized carbons (Fsp3) is 0.480. The number of benzene rings is 2. The summed E-state index contributed by atoms with van der Waals surface area (Å²) in [7, 11) is 4.86. The number of piperazine rings is 1. The average Bonchev–Trinajstić information content (AvgIpc) is 3.67. The fourth-order valence-electron chi connectivity index (χ4n) is 4.01. The van der Waals surface area contributed by atoms with Gasteiger partial charge < -0.3 is 23.8 Å². The summed E-state index contributed by atoms with van der Waals surface area (Å²) in [5.41, 5.74) is 1.74. The molecule has 2 aromatic carbocycles. The van der Waals surface area contributed by atoms with Gasteiger partial charge in [0.2, 0.25) is 5.75 Å². The van der Waals surface area contributed by atoms with Crippen molar-refractivity contribution in [3.8, 4) is 23.0 Å². The Bertz CT molecular complexity index is 919. The van der Waals surface area contributed by atoms with Gasteiger partial charge in [0, 0.05) is 43.9 Å². The van der Waals surface area contributed by atoms with Crippen LogP contribution >= 0.6 is 0 Å². The van der Waals surface area contributed by atoms with Crippen LogP contribution in [0, 0.1) is 5.92 Å². The van der Waals surface area contributed by atoms with E-state index in [9.17, 15) is 4.79 Å². The molecule has 2 fully saturated rings. The van der Waals surface area contributed by atoms with Crippen molar-refractivity contribution >= 4 is 5.91 Å². The van der Waals surface area contributed by atoms with Gasteiger partial charge in [0.1, 0.15) is 5.75 Å². The van der Waals surface area contributed by atoms with Crippen molar-refractivity contribution in [2.75, 3.05) is 54.1 Å². The Kier molecular flexibility index (Phi) is 7.05. The van der Waals surface area contributed by atoms with Crippen LogP contribution in [0.3, 0.4) is 0 Å². The van der Waals surface area contributed by atoms with E-state index in [2.05, 4.69) is 4.90 Å². The SMILES string of the molecule is COc1ccc(CN2CCN(C(=O)c3ccc(OCC4CC4)cc3)CC2)c(OC)c1OC. The summed E-state index contributed by atoms with van der Waals surface area (Å²) in [6.45, 7) is 4.47. The average molecular weight is 441 g/mol. The zero-order valence-electron chi connectivity index (χ0n) is 19.1. The Hall–Kier alpha value is -2.93. The Morgan fingerprint density at radius 3 is 2.16 bits per heavy atom. The fourth-order valence-corrected chi connectivity index (χ4v) is 4.01. The minimum atomic E-state index is 0.0714. The van der Waals surface area contributed by atoms with Gasteiger partial charge in [0.25, 0.3) is 5.91 Å². The lowest BCUT2D eigenvalue weighted by Crippen LogP contribution is -2.48. The quantitative estimate of drug-likeness (QED) is 0.595. The summed E-state index contributed by atoms with van der Waals surface area (Å²) < 4.78 is 22.2. The molecule has 1 aliphatic carbocycles. The molecule has 7 nitrogen and oxygen atoms in total. The van der Waals surface area contributed by atoms with Gasteiger partial charge in [-0.1, -0.05) is 6.07 Å². The van der Waals surface area contributed by atoms with Gasteiger partial charge in [-0.15, -0.1) is 0 Å². The zero-order valence-corrected chi connectivity index (χ0v) is 19.1. The molecule has 0 unspecified atom stereocenters. The van der Waals surface area contributed by atoms with Crippen LogP contribution in [0.15, 0.2) is 36.4 Å². The lowest BCUT2D eigenvalue weighted by atomic mass is 10.1. The number of hydrogen-bond acceptors (Lipinski definition) is 6. The first-order valence-corrected chi connectivity index (χ1v) is 11.1. The molecule has 0 bridgehead atoms. The molecule has 4 rings (SSSR count). The lowest BCUT2D eigenvalue weighted by molar-refractivity contribution is 0.0627. The van der Waals surface area contributed by atoms with E-state index in [1.807, 2.05) is 41.3 Å². The second-order valence-electron chi connectivity index (χ2n) is 8.34. The number of hydrogen-bond donors (Lipinski definition) is 0. The Morgan fingerprint density at radius 1 is 0.875 bits per heavy atom. The molecule has 7 heteroatoms. The lowest BCUT2D eigenvalue weighted by Gasteiger charge is -2.35. The standard InChI is InChI=1S/C25H32N2O5/c1-29-22-11-8-20(23(30-2)24(22)31-3)16-26-12-14-27(15-13-26)25(28)19-6-9-21(10-7-19)32-17-18-4-5-18/h6-11,18H,4-5,12-17H2,1-3H3. The van der Waals surface area contributed by atoms with Crippen molar-refractivity contribution in [2.45, 2.75) is 19.4 Å². The molecule has 0 aromatic heterocycles. The van der Waals surface area contributed by atoms with Crippen LogP contribution < -0.4 is 18.9 Å². The number of carbonyl (C=O) groups is 1. The topological polar surface area (TPSA) is 60.5 Å². The maximum Gasteiger partial charge on any atom is 0.253 e. The van der Waals surface area contributed by atoms with E-state index in [0.717, 1.165) is 37.6 Å². The molecule has 2 aliphatic rings. The number of ether oxygens (including phenoxy) is 4. The molecule has 172 valence electrons. The molecule has 2 aromatic rings. The van der Waals surface area contributed by atoms with Gasteiger partial charge >= 0.3 is 0 Å². The van der Waals surface area contributed by atoms with Crippen molar-refractivity contribution in [3.63, 3.8) is 0 Å². The van der Waals surface area contributed by atoms with E-state index in [-0.39, 0.29) is 5.91 Å². The van der Waals surface area contributed by atoms with Crippen LogP contribution in [-0.4, -0.2) is 69.8 Å². The molecule has 0 spiro atoms. The molecule has 1 saturated carbocycles. The van der Waals surface area contributed by atoms with Crippen molar-refractivity contribution in [2.24, 2.45) is 5.92 Å². The Morgan fingerprint density at radius 2 is 1.56 bits per heavy atom. The molecule has 1 amide bonds. The van der Waals surface area contributed by atoms with E-state index in [1.54, 1.807) is 21.3 Å². The van der Waals surface area contributed by atoms with Crippen LogP contribution in [-0.2, 0) is 6.54 Å². The van der Waals surface area contributed by atoms with Crippen molar-refractivity contribution in [1.29, 1.82) is 0 Å². The summed E-state index contributed by atoms with van der Waals surface area (Å²) in [4.78, 5) is 17.2. The predicted molar refractivity (Wildman–Crippen MR) is 122 cm³/mol. The number of rotatable bonds is 9. The van der Waals surface area contributed by atoms with Crippen LogP contribution in [0.2, 0.25) is 0 Å². The van der Waals surface area contributed by atoms with E-state index in [4.69, 9.17) is 18.9 Å². The maximum absolute atomic E-state index is 12.9. The first kappa shape index (κ1) is 22.3. The normalized spacial score (nSPS) is 16.5. The monoisotopic (exact) mass is 440 g/mol. The van der Waals surface area contributed by atoms with Gasteiger partial charge in [0.05, 0.1) is 27.9 Å². The Balaban J connectivity index is 1.32. The van der Waals surface area contributed by atoms with Crippen LogP contribution in [0.5, 0.6) is 23.0 Å². The van der Waals surface area contributed by atoms with Crippen LogP contribution in [0.25, 0.3) is 0 Å². The maximum atomic E-state index is 12.9. The van der Waals surface area contributed by atoms with Gasteiger partial charge in [-0.2, -0.15) is 0 Å². The predicted octanol–water partition coefficient (Wildman–Crippen LogP) is 3.46. The largest absolute Gasteiger partial charge is 0.493 e.